The second kappa shape index (κ2) is 9.20. The van der Waals surface area contributed by atoms with Gasteiger partial charge in [0.2, 0.25) is 15.9 Å². The van der Waals surface area contributed by atoms with Gasteiger partial charge in [-0.15, -0.1) is 0 Å². The van der Waals surface area contributed by atoms with E-state index in [-0.39, 0.29) is 10.6 Å². The molecule has 0 bridgehead atoms. The number of nitrogens with one attached hydrogen (secondary N) is 2. The molecule has 1 saturated heterocycles. The number of morpholine rings is 1. The third kappa shape index (κ3) is 5.32. The van der Waals surface area contributed by atoms with E-state index in [4.69, 9.17) is 4.74 Å². The van der Waals surface area contributed by atoms with E-state index in [0.717, 1.165) is 43.0 Å². The maximum atomic E-state index is 12.4. The summed E-state index contributed by atoms with van der Waals surface area (Å²) in [5.41, 5.74) is 1.34. The Bertz CT molecular complexity index is 1000. The lowest BCUT2D eigenvalue weighted by Gasteiger charge is -2.29. The average Bonchev–Trinajstić information content (AvgIpc) is 2.74. The lowest BCUT2D eigenvalue weighted by molar-refractivity contribution is -0.384. The zero-order valence-corrected chi connectivity index (χ0v) is 17.1. The molecule has 2 aromatic rings. The standard InChI is InChI=1S/C19H22N4O6S/c1-14(21-30(27,28)18-8-6-17(7-9-18)23(25)26)19(24)20-15-2-4-16(5-3-15)22-10-12-29-13-11-22/h2-9,14,21H,10-13H2,1H3,(H,20,24). The van der Waals surface area contributed by atoms with Gasteiger partial charge in [-0.2, -0.15) is 4.72 Å². The Balaban J connectivity index is 1.60. The minimum atomic E-state index is -4.01. The summed E-state index contributed by atoms with van der Waals surface area (Å²) in [6, 6.07) is 10.6. The maximum absolute atomic E-state index is 12.4. The second-order valence-electron chi connectivity index (χ2n) is 6.73. The fourth-order valence-electron chi connectivity index (χ4n) is 2.93. The third-order valence-electron chi connectivity index (χ3n) is 4.59. The van der Waals surface area contributed by atoms with E-state index in [1.54, 1.807) is 12.1 Å². The Morgan fingerprint density at radius 3 is 2.27 bits per heavy atom. The Morgan fingerprint density at radius 1 is 1.10 bits per heavy atom. The van der Waals surface area contributed by atoms with Gasteiger partial charge in [0.15, 0.2) is 0 Å². The quantitative estimate of drug-likeness (QED) is 0.501. The van der Waals surface area contributed by atoms with Gasteiger partial charge in [-0.3, -0.25) is 14.9 Å². The number of anilines is 2. The smallest absolute Gasteiger partial charge is 0.269 e. The van der Waals surface area contributed by atoms with Crippen LogP contribution in [0.2, 0.25) is 0 Å². The molecule has 2 aromatic carbocycles. The van der Waals surface area contributed by atoms with Gasteiger partial charge in [-0.1, -0.05) is 0 Å². The van der Waals surface area contributed by atoms with E-state index >= 15 is 0 Å². The molecular formula is C19H22N4O6S. The van der Waals surface area contributed by atoms with Crippen molar-refractivity contribution in [1.29, 1.82) is 0 Å². The number of nitro benzene ring substituents is 1. The van der Waals surface area contributed by atoms with Crippen LogP contribution in [0.15, 0.2) is 53.4 Å². The summed E-state index contributed by atoms with van der Waals surface area (Å²) in [7, 11) is -4.01. The lowest BCUT2D eigenvalue weighted by atomic mass is 10.2. The molecule has 0 radical (unpaired) electrons. The zero-order chi connectivity index (χ0) is 21.7. The molecule has 0 aliphatic carbocycles. The molecule has 1 heterocycles. The summed E-state index contributed by atoms with van der Waals surface area (Å²) < 4.78 is 32.4. The number of sulfonamides is 1. The van der Waals surface area contributed by atoms with Crippen molar-refractivity contribution in [3.8, 4) is 0 Å². The molecule has 160 valence electrons. The Morgan fingerprint density at radius 2 is 1.70 bits per heavy atom. The highest BCUT2D eigenvalue weighted by molar-refractivity contribution is 7.89. The van der Waals surface area contributed by atoms with Crippen LogP contribution in [0.25, 0.3) is 0 Å². The van der Waals surface area contributed by atoms with Crippen LogP contribution < -0.4 is 14.9 Å². The number of hydrogen-bond acceptors (Lipinski definition) is 7. The van der Waals surface area contributed by atoms with E-state index < -0.39 is 26.9 Å². The van der Waals surface area contributed by atoms with E-state index in [2.05, 4.69) is 14.9 Å². The molecule has 11 heteroatoms. The predicted molar refractivity (Wildman–Crippen MR) is 111 cm³/mol. The van der Waals surface area contributed by atoms with Gasteiger partial charge in [0.1, 0.15) is 0 Å². The van der Waals surface area contributed by atoms with Crippen LogP contribution in [-0.2, 0) is 19.6 Å². The van der Waals surface area contributed by atoms with Crippen molar-refractivity contribution in [2.24, 2.45) is 0 Å². The second-order valence-corrected chi connectivity index (χ2v) is 8.44. The molecule has 1 fully saturated rings. The topological polar surface area (TPSA) is 131 Å². The van der Waals surface area contributed by atoms with E-state index in [9.17, 15) is 23.3 Å². The monoisotopic (exact) mass is 434 g/mol. The Labute approximate surface area is 174 Å². The van der Waals surface area contributed by atoms with Gasteiger partial charge < -0.3 is 15.0 Å². The molecule has 10 nitrogen and oxygen atoms in total. The highest BCUT2D eigenvalue weighted by atomic mass is 32.2. The lowest BCUT2D eigenvalue weighted by Crippen LogP contribution is -2.41. The van der Waals surface area contributed by atoms with Crippen LogP contribution in [-0.4, -0.2) is 51.6 Å². The number of benzene rings is 2. The summed E-state index contributed by atoms with van der Waals surface area (Å²) >= 11 is 0. The van der Waals surface area contributed by atoms with Crippen molar-refractivity contribution in [2.75, 3.05) is 36.5 Å². The summed E-state index contributed by atoms with van der Waals surface area (Å²) in [6.45, 7) is 4.36. The number of nitrogens with zero attached hydrogens (tertiary/aromatic N) is 2. The van der Waals surface area contributed by atoms with Crippen molar-refractivity contribution in [3.63, 3.8) is 0 Å². The van der Waals surface area contributed by atoms with Crippen LogP contribution in [0.4, 0.5) is 17.1 Å². The molecule has 1 atom stereocenters. The normalized spacial score (nSPS) is 15.4. The van der Waals surface area contributed by atoms with E-state index in [1.165, 1.54) is 6.92 Å². The van der Waals surface area contributed by atoms with Gasteiger partial charge in [0.05, 0.1) is 29.1 Å². The number of hydrogen-bond donors (Lipinski definition) is 2. The van der Waals surface area contributed by atoms with Crippen molar-refractivity contribution < 1.29 is 22.9 Å². The summed E-state index contributed by atoms with van der Waals surface area (Å²) in [5, 5.41) is 13.4. The van der Waals surface area contributed by atoms with Crippen LogP contribution in [0, 0.1) is 10.1 Å². The molecule has 3 rings (SSSR count). The molecule has 1 unspecified atom stereocenters. The zero-order valence-electron chi connectivity index (χ0n) is 16.3. The summed E-state index contributed by atoms with van der Waals surface area (Å²) in [5.74, 6) is -0.528. The molecular weight excluding hydrogens is 412 g/mol. The first-order valence-corrected chi connectivity index (χ1v) is 10.7. The Hall–Kier alpha value is -3.02. The van der Waals surface area contributed by atoms with Gasteiger partial charge in [-0.05, 0) is 43.3 Å². The molecule has 30 heavy (non-hydrogen) atoms. The molecule has 2 N–H and O–H groups in total. The molecule has 1 amide bonds. The third-order valence-corrected chi connectivity index (χ3v) is 6.15. The number of non-ortho nitro benzene ring substituents is 1. The van der Waals surface area contributed by atoms with E-state index in [1.807, 2.05) is 12.1 Å². The fraction of sp³-hybridized carbons (Fsp3) is 0.316. The number of carbonyl (C=O) groups is 1. The molecule has 1 aliphatic heterocycles. The number of nitro groups is 1. The summed E-state index contributed by atoms with van der Waals surface area (Å²) in [4.78, 5) is 24.5. The van der Waals surface area contributed by atoms with Gasteiger partial charge in [-0.25, -0.2) is 8.42 Å². The van der Waals surface area contributed by atoms with Crippen LogP contribution in [0.1, 0.15) is 6.92 Å². The number of ether oxygens (including phenoxy) is 1. The number of rotatable bonds is 7. The number of amides is 1. The molecule has 1 aliphatic rings. The van der Waals surface area contributed by atoms with Crippen molar-refractivity contribution in [2.45, 2.75) is 17.9 Å². The van der Waals surface area contributed by atoms with Crippen LogP contribution in [0.3, 0.4) is 0 Å². The fourth-order valence-corrected chi connectivity index (χ4v) is 4.13. The first-order chi connectivity index (χ1) is 14.3. The maximum Gasteiger partial charge on any atom is 0.269 e. The first-order valence-electron chi connectivity index (χ1n) is 9.27. The highest BCUT2D eigenvalue weighted by Crippen LogP contribution is 2.20. The van der Waals surface area contributed by atoms with Gasteiger partial charge in [0.25, 0.3) is 5.69 Å². The van der Waals surface area contributed by atoms with Crippen LogP contribution in [0.5, 0.6) is 0 Å². The van der Waals surface area contributed by atoms with Gasteiger partial charge >= 0.3 is 0 Å². The van der Waals surface area contributed by atoms with Gasteiger partial charge in [0, 0.05) is 36.6 Å². The minimum absolute atomic E-state index is 0.164. The first kappa shape index (κ1) is 21.7. The Kier molecular flexibility index (Phi) is 6.65. The SMILES string of the molecule is CC(NS(=O)(=O)c1ccc([N+](=O)[O-])cc1)C(=O)Nc1ccc(N2CCOCC2)cc1. The molecule has 0 spiro atoms. The summed E-state index contributed by atoms with van der Waals surface area (Å²) in [6.07, 6.45) is 0. The minimum Gasteiger partial charge on any atom is -0.378 e. The predicted octanol–water partition coefficient (Wildman–Crippen LogP) is 1.74. The van der Waals surface area contributed by atoms with Crippen LogP contribution >= 0.6 is 0 Å². The van der Waals surface area contributed by atoms with Crippen molar-refractivity contribution in [1.82, 2.24) is 4.72 Å². The largest absolute Gasteiger partial charge is 0.378 e. The van der Waals surface area contributed by atoms with E-state index in [0.29, 0.717) is 18.9 Å². The number of carbonyl (C=O) groups excluding carboxylic acids is 1. The van der Waals surface area contributed by atoms with Crippen molar-refractivity contribution in [3.05, 3.63) is 58.6 Å². The molecule has 0 saturated carbocycles. The average molecular weight is 434 g/mol. The molecule has 0 aromatic heterocycles. The highest BCUT2D eigenvalue weighted by Gasteiger charge is 2.23. The van der Waals surface area contributed by atoms with Crippen molar-refractivity contribution >= 4 is 33.0 Å².